The quantitative estimate of drug-likeness (QED) is 0.687. The van der Waals surface area contributed by atoms with E-state index in [0.29, 0.717) is 6.61 Å². The number of hydrogen-bond donors (Lipinski definition) is 0. The van der Waals surface area contributed by atoms with Gasteiger partial charge in [0.1, 0.15) is 5.75 Å². The van der Waals surface area contributed by atoms with Gasteiger partial charge in [-0.05, 0) is 43.5 Å². The minimum Gasteiger partial charge on any atom is -0.494 e. The molecule has 0 saturated heterocycles. The maximum absolute atomic E-state index is 5.34. The zero-order valence-electron chi connectivity index (χ0n) is 10.4. The van der Waals surface area contributed by atoms with Crippen LogP contribution in [0.5, 0.6) is 5.75 Å². The van der Waals surface area contributed by atoms with Gasteiger partial charge in [-0.3, -0.25) is 0 Å². The Morgan fingerprint density at radius 2 is 1.81 bits per heavy atom. The molecule has 1 nitrogen and oxygen atoms in total. The highest BCUT2D eigenvalue weighted by atomic mass is 16.5. The van der Waals surface area contributed by atoms with E-state index in [9.17, 15) is 0 Å². The van der Waals surface area contributed by atoms with Crippen molar-refractivity contribution in [2.45, 2.75) is 27.2 Å². The molecule has 0 amide bonds. The van der Waals surface area contributed by atoms with Crippen molar-refractivity contribution in [2.75, 3.05) is 6.61 Å². The van der Waals surface area contributed by atoms with E-state index in [2.05, 4.69) is 38.0 Å². The lowest BCUT2D eigenvalue weighted by atomic mass is 10.1. The second-order valence-electron chi connectivity index (χ2n) is 3.20. The Bertz CT molecular complexity index is 341. The first-order valence-corrected chi connectivity index (χ1v) is 5.47. The molecule has 1 aromatic carbocycles. The highest BCUT2D eigenvalue weighted by molar-refractivity contribution is 5.63. The zero-order chi connectivity index (χ0) is 12.4. The number of hydrogen-bond acceptors (Lipinski definition) is 1. The highest BCUT2D eigenvalue weighted by Crippen LogP contribution is 2.19. The minimum atomic E-state index is 0.716. The lowest BCUT2D eigenvalue weighted by molar-refractivity contribution is 0.340. The van der Waals surface area contributed by atoms with E-state index in [1.807, 2.05) is 19.1 Å². The molecule has 0 spiro atoms. The number of ether oxygens (including phenoxy) is 1. The predicted octanol–water partition coefficient (Wildman–Crippen LogP) is 4.15. The van der Waals surface area contributed by atoms with Crippen LogP contribution < -0.4 is 4.74 Å². The Labute approximate surface area is 99.1 Å². The average Bonchev–Trinajstić information content (AvgIpc) is 2.30. The first-order valence-electron chi connectivity index (χ1n) is 5.47. The molecule has 0 heterocycles. The Morgan fingerprint density at radius 3 is 2.19 bits per heavy atom. The summed E-state index contributed by atoms with van der Waals surface area (Å²) in [5.74, 6) is 3.18. The van der Waals surface area contributed by atoms with E-state index >= 15 is 0 Å². The Morgan fingerprint density at radius 1 is 1.31 bits per heavy atom. The molecule has 1 heteroatoms. The molecule has 0 saturated carbocycles. The standard InChI is InChI=1S/C12H16O.C3H4/c1-4-10(3)11-6-8-12(9-7-11)13-5-2;1-3-2/h6-9H,3-5H2,1-2H3;1H,2H3. The van der Waals surface area contributed by atoms with Gasteiger partial charge in [-0.15, -0.1) is 12.3 Å². The van der Waals surface area contributed by atoms with Crippen molar-refractivity contribution in [2.24, 2.45) is 0 Å². The summed E-state index contributed by atoms with van der Waals surface area (Å²) in [5, 5.41) is 0. The minimum absolute atomic E-state index is 0.716. The van der Waals surface area contributed by atoms with Gasteiger partial charge in [-0.25, -0.2) is 0 Å². The van der Waals surface area contributed by atoms with Crippen LogP contribution in [0.1, 0.15) is 32.8 Å². The van der Waals surface area contributed by atoms with Crippen LogP contribution in [0.15, 0.2) is 30.8 Å². The van der Waals surface area contributed by atoms with Crippen molar-refractivity contribution >= 4 is 5.57 Å². The summed E-state index contributed by atoms with van der Waals surface area (Å²) < 4.78 is 5.34. The van der Waals surface area contributed by atoms with E-state index in [0.717, 1.165) is 12.2 Å². The average molecular weight is 216 g/mol. The van der Waals surface area contributed by atoms with Gasteiger partial charge in [-0.1, -0.05) is 25.6 Å². The molecule has 1 rings (SSSR count). The molecule has 0 unspecified atom stereocenters. The summed E-state index contributed by atoms with van der Waals surface area (Å²) >= 11 is 0. The van der Waals surface area contributed by atoms with Gasteiger partial charge >= 0.3 is 0 Å². The molecule has 0 bridgehead atoms. The Kier molecular flexibility index (Phi) is 7.71. The van der Waals surface area contributed by atoms with Gasteiger partial charge in [0.05, 0.1) is 6.61 Å². The molecule has 0 N–H and O–H groups in total. The summed E-state index contributed by atoms with van der Waals surface area (Å²) in [7, 11) is 0. The predicted molar refractivity (Wildman–Crippen MR) is 71.4 cm³/mol. The van der Waals surface area contributed by atoms with Crippen molar-refractivity contribution in [3.63, 3.8) is 0 Å². The van der Waals surface area contributed by atoms with Crippen molar-refractivity contribution in [1.82, 2.24) is 0 Å². The van der Waals surface area contributed by atoms with Crippen LogP contribution in [0.25, 0.3) is 5.57 Å². The van der Waals surface area contributed by atoms with Gasteiger partial charge in [0, 0.05) is 0 Å². The Hall–Kier alpha value is -1.68. The summed E-state index contributed by atoms with van der Waals surface area (Å²) in [4.78, 5) is 0. The van der Waals surface area contributed by atoms with E-state index in [4.69, 9.17) is 4.74 Å². The molecule has 0 radical (unpaired) electrons. The summed E-state index contributed by atoms with van der Waals surface area (Å²) in [6.07, 6.45) is 5.59. The van der Waals surface area contributed by atoms with E-state index in [1.54, 1.807) is 6.92 Å². The van der Waals surface area contributed by atoms with Crippen molar-refractivity contribution < 1.29 is 4.74 Å². The second kappa shape index (κ2) is 8.61. The van der Waals surface area contributed by atoms with E-state index in [1.165, 1.54) is 11.1 Å². The molecule has 0 aliphatic rings. The summed E-state index contributed by atoms with van der Waals surface area (Å²) in [6.45, 7) is 10.4. The van der Waals surface area contributed by atoms with Crippen LogP contribution in [0.2, 0.25) is 0 Å². The van der Waals surface area contributed by atoms with Gasteiger partial charge in [0.2, 0.25) is 0 Å². The van der Waals surface area contributed by atoms with Gasteiger partial charge in [-0.2, -0.15) is 0 Å². The van der Waals surface area contributed by atoms with Gasteiger partial charge in [0.15, 0.2) is 0 Å². The maximum Gasteiger partial charge on any atom is 0.119 e. The third kappa shape index (κ3) is 5.26. The fraction of sp³-hybridized carbons (Fsp3) is 0.333. The monoisotopic (exact) mass is 216 g/mol. The molecule has 86 valence electrons. The van der Waals surface area contributed by atoms with Gasteiger partial charge in [0.25, 0.3) is 0 Å². The van der Waals surface area contributed by atoms with Gasteiger partial charge < -0.3 is 4.74 Å². The van der Waals surface area contributed by atoms with Crippen molar-refractivity contribution in [3.05, 3.63) is 36.4 Å². The molecule has 0 aliphatic carbocycles. The molecule has 1 aromatic rings. The van der Waals surface area contributed by atoms with E-state index < -0.39 is 0 Å². The highest BCUT2D eigenvalue weighted by Gasteiger charge is 1.96. The molecule has 16 heavy (non-hydrogen) atoms. The van der Waals surface area contributed by atoms with Crippen molar-refractivity contribution in [1.29, 1.82) is 0 Å². The molecule has 0 aromatic heterocycles. The first-order chi connectivity index (χ1) is 7.69. The van der Waals surface area contributed by atoms with Crippen LogP contribution >= 0.6 is 0 Å². The number of allylic oxidation sites excluding steroid dienone is 1. The van der Waals surface area contributed by atoms with Crippen LogP contribution in [0.4, 0.5) is 0 Å². The van der Waals surface area contributed by atoms with Crippen LogP contribution in [-0.2, 0) is 0 Å². The van der Waals surface area contributed by atoms with Crippen LogP contribution in [0, 0.1) is 12.3 Å². The largest absolute Gasteiger partial charge is 0.494 e. The smallest absolute Gasteiger partial charge is 0.119 e. The molecule has 0 aliphatic heterocycles. The second-order valence-corrected chi connectivity index (χ2v) is 3.20. The molecule has 0 atom stereocenters. The Balaban J connectivity index is 0.000000673. The SMILES string of the molecule is C#CC.C=C(CC)c1ccc(OCC)cc1. The third-order valence-corrected chi connectivity index (χ3v) is 2.00. The first kappa shape index (κ1) is 14.3. The number of benzene rings is 1. The number of terminal acetylenes is 1. The fourth-order valence-electron chi connectivity index (χ4n) is 1.16. The lowest BCUT2D eigenvalue weighted by Crippen LogP contribution is -1.91. The topological polar surface area (TPSA) is 9.23 Å². The lowest BCUT2D eigenvalue weighted by Gasteiger charge is -2.05. The number of rotatable bonds is 4. The fourth-order valence-corrected chi connectivity index (χ4v) is 1.16. The summed E-state index contributed by atoms with van der Waals surface area (Å²) in [6, 6.07) is 8.08. The molecular formula is C15H20O. The van der Waals surface area contributed by atoms with Crippen molar-refractivity contribution in [3.8, 4) is 18.1 Å². The maximum atomic E-state index is 5.34. The molecular weight excluding hydrogens is 196 g/mol. The van der Waals surface area contributed by atoms with Crippen LogP contribution in [0.3, 0.4) is 0 Å². The summed E-state index contributed by atoms with van der Waals surface area (Å²) in [5.41, 5.74) is 2.37. The van der Waals surface area contributed by atoms with E-state index in [-0.39, 0.29) is 0 Å². The van der Waals surface area contributed by atoms with Crippen LogP contribution in [-0.4, -0.2) is 6.61 Å². The molecule has 0 fully saturated rings. The zero-order valence-corrected chi connectivity index (χ0v) is 10.4. The third-order valence-electron chi connectivity index (χ3n) is 2.00. The normalized spacial score (nSPS) is 8.38.